The molecule has 4 rings (SSSR count). The first-order valence-electron chi connectivity index (χ1n) is 11.4. The maximum Gasteiger partial charge on any atom is 0.270 e. The van der Waals surface area contributed by atoms with Crippen LogP contribution in [0.4, 0.5) is 11.4 Å². The zero-order chi connectivity index (χ0) is 26.5. The zero-order valence-corrected chi connectivity index (χ0v) is 22.5. The Kier molecular flexibility index (Phi) is 8.15. The van der Waals surface area contributed by atoms with Gasteiger partial charge in [-0.05, 0) is 73.5 Å². The molecule has 2 amide bonds. The van der Waals surface area contributed by atoms with Crippen molar-refractivity contribution in [1.82, 2.24) is 0 Å². The minimum atomic E-state index is -0.278. The molecule has 1 aliphatic heterocycles. The molecule has 0 unspecified atom stereocenters. The number of amides is 2. The van der Waals surface area contributed by atoms with Gasteiger partial charge in [0.25, 0.3) is 11.8 Å². The Balaban J connectivity index is 1.44. The van der Waals surface area contributed by atoms with E-state index in [1.165, 1.54) is 23.8 Å². The Hall–Kier alpha value is -3.82. The van der Waals surface area contributed by atoms with Gasteiger partial charge in [-0.3, -0.25) is 14.5 Å². The fourth-order valence-electron chi connectivity index (χ4n) is 3.75. The highest BCUT2D eigenvalue weighted by Gasteiger charge is 2.33. The lowest BCUT2D eigenvalue weighted by atomic mass is 10.1. The Morgan fingerprint density at radius 3 is 2.43 bits per heavy atom. The first-order chi connectivity index (χ1) is 17.8. The van der Waals surface area contributed by atoms with E-state index in [9.17, 15) is 9.59 Å². The molecule has 0 aliphatic carbocycles. The normalized spacial score (nSPS) is 14.2. The SMILES string of the molecule is COc1ccc(N2C(=O)/C(=C/c3ccc(OCC(=O)Nc4ccc(C)cc4C)c(OC)c3)SC2=S)cc1. The van der Waals surface area contributed by atoms with Crippen molar-refractivity contribution >= 4 is 57.6 Å². The Morgan fingerprint density at radius 2 is 1.76 bits per heavy atom. The molecule has 1 aliphatic rings. The number of ether oxygens (including phenoxy) is 3. The van der Waals surface area contributed by atoms with E-state index >= 15 is 0 Å². The van der Waals surface area contributed by atoms with E-state index in [4.69, 9.17) is 26.4 Å². The highest BCUT2D eigenvalue weighted by molar-refractivity contribution is 8.27. The number of thiocarbonyl (C=S) groups is 1. The molecule has 1 N–H and O–H groups in total. The molecule has 0 aromatic heterocycles. The highest BCUT2D eigenvalue weighted by Crippen LogP contribution is 2.37. The number of hydrogen-bond acceptors (Lipinski definition) is 7. The molecule has 37 heavy (non-hydrogen) atoms. The standard InChI is InChI=1S/C28H26N2O5S2/c1-17-5-11-22(18(2)13-17)29-26(31)16-35-23-12-6-19(14-24(23)34-4)15-25-27(32)30(28(36)37-25)20-7-9-21(33-3)10-8-20/h5-15H,16H2,1-4H3,(H,29,31)/b25-15-. The predicted octanol–water partition coefficient (Wildman–Crippen LogP) is 5.74. The van der Waals surface area contributed by atoms with Crippen molar-refractivity contribution in [3.63, 3.8) is 0 Å². The summed E-state index contributed by atoms with van der Waals surface area (Å²) in [5, 5.41) is 2.86. The average molecular weight is 535 g/mol. The summed E-state index contributed by atoms with van der Waals surface area (Å²) in [5.74, 6) is 1.07. The van der Waals surface area contributed by atoms with Crippen LogP contribution in [0.2, 0.25) is 0 Å². The summed E-state index contributed by atoms with van der Waals surface area (Å²) in [5.41, 5.74) is 4.26. The van der Waals surface area contributed by atoms with Gasteiger partial charge in [-0.25, -0.2) is 0 Å². The molecule has 0 radical (unpaired) electrons. The smallest absolute Gasteiger partial charge is 0.270 e. The van der Waals surface area contributed by atoms with E-state index in [0.717, 1.165) is 22.4 Å². The second-order valence-corrected chi connectivity index (χ2v) is 9.96. The second-order valence-electron chi connectivity index (χ2n) is 8.28. The van der Waals surface area contributed by atoms with E-state index in [2.05, 4.69) is 5.32 Å². The monoisotopic (exact) mass is 534 g/mol. The van der Waals surface area contributed by atoms with Gasteiger partial charge in [0.2, 0.25) is 0 Å². The van der Waals surface area contributed by atoms with E-state index in [1.54, 1.807) is 55.7 Å². The van der Waals surface area contributed by atoms with Gasteiger partial charge in [-0.2, -0.15) is 0 Å². The van der Waals surface area contributed by atoms with Gasteiger partial charge in [0.15, 0.2) is 22.4 Å². The predicted molar refractivity (Wildman–Crippen MR) is 152 cm³/mol. The number of benzene rings is 3. The lowest BCUT2D eigenvalue weighted by Crippen LogP contribution is -2.27. The molecular formula is C28H26N2O5S2. The van der Waals surface area contributed by atoms with E-state index in [1.807, 2.05) is 32.0 Å². The Labute approximate surface area is 225 Å². The molecule has 0 atom stereocenters. The largest absolute Gasteiger partial charge is 0.497 e. The zero-order valence-electron chi connectivity index (χ0n) is 20.9. The number of nitrogens with zero attached hydrogens (tertiary/aromatic N) is 1. The van der Waals surface area contributed by atoms with Crippen molar-refractivity contribution in [2.45, 2.75) is 13.8 Å². The molecule has 0 bridgehead atoms. The van der Waals surface area contributed by atoms with Crippen molar-refractivity contribution in [2.24, 2.45) is 0 Å². The van der Waals surface area contributed by atoms with E-state index < -0.39 is 0 Å². The maximum atomic E-state index is 13.1. The van der Waals surface area contributed by atoms with Crippen LogP contribution in [0.1, 0.15) is 16.7 Å². The van der Waals surface area contributed by atoms with Crippen LogP contribution in [0.15, 0.2) is 65.6 Å². The van der Waals surface area contributed by atoms with Gasteiger partial charge in [-0.1, -0.05) is 47.7 Å². The molecule has 1 saturated heterocycles. The maximum absolute atomic E-state index is 13.1. The average Bonchev–Trinajstić information content (AvgIpc) is 3.17. The molecule has 1 heterocycles. The van der Waals surface area contributed by atoms with Crippen molar-refractivity contribution < 1.29 is 23.8 Å². The quantitative estimate of drug-likeness (QED) is 0.292. The van der Waals surface area contributed by atoms with Gasteiger partial charge < -0.3 is 19.5 Å². The lowest BCUT2D eigenvalue weighted by Gasteiger charge is -2.14. The molecule has 3 aromatic rings. The van der Waals surface area contributed by atoms with Crippen molar-refractivity contribution in [1.29, 1.82) is 0 Å². The second kappa shape index (κ2) is 11.5. The van der Waals surface area contributed by atoms with Crippen LogP contribution in [0.3, 0.4) is 0 Å². The molecule has 7 nitrogen and oxygen atoms in total. The number of carbonyl (C=O) groups is 2. The molecule has 3 aromatic carbocycles. The molecule has 9 heteroatoms. The highest BCUT2D eigenvalue weighted by atomic mass is 32.2. The first-order valence-corrected chi connectivity index (χ1v) is 12.6. The molecule has 0 spiro atoms. The van der Waals surface area contributed by atoms with Crippen LogP contribution < -0.4 is 24.4 Å². The summed E-state index contributed by atoms with van der Waals surface area (Å²) >= 11 is 6.69. The van der Waals surface area contributed by atoms with Crippen LogP contribution in [-0.2, 0) is 9.59 Å². The first kappa shape index (κ1) is 26.2. The van der Waals surface area contributed by atoms with Gasteiger partial charge in [0.1, 0.15) is 5.75 Å². The topological polar surface area (TPSA) is 77.1 Å². The Bertz CT molecular complexity index is 1390. The summed E-state index contributed by atoms with van der Waals surface area (Å²) in [7, 11) is 3.10. The lowest BCUT2D eigenvalue weighted by molar-refractivity contribution is -0.118. The van der Waals surface area contributed by atoms with Crippen LogP contribution >= 0.6 is 24.0 Å². The fraction of sp³-hybridized carbons (Fsp3) is 0.179. The summed E-state index contributed by atoms with van der Waals surface area (Å²) in [4.78, 5) is 27.5. The summed E-state index contributed by atoms with van der Waals surface area (Å²) in [6.07, 6.45) is 1.75. The van der Waals surface area contributed by atoms with E-state index in [-0.39, 0.29) is 18.4 Å². The molecule has 1 fully saturated rings. The summed E-state index contributed by atoms with van der Waals surface area (Å²) in [6, 6.07) is 18.2. The minimum absolute atomic E-state index is 0.177. The summed E-state index contributed by atoms with van der Waals surface area (Å²) < 4.78 is 16.8. The van der Waals surface area contributed by atoms with Gasteiger partial charge in [0.05, 0.1) is 24.8 Å². The third-order valence-corrected chi connectivity index (χ3v) is 6.93. The molecular weight excluding hydrogens is 508 g/mol. The number of aryl methyl sites for hydroxylation is 2. The number of rotatable bonds is 8. The van der Waals surface area contributed by atoms with Crippen LogP contribution in [0.5, 0.6) is 17.2 Å². The van der Waals surface area contributed by atoms with Crippen molar-refractivity contribution in [3.8, 4) is 17.2 Å². The number of nitrogens with one attached hydrogen (secondary N) is 1. The van der Waals surface area contributed by atoms with Crippen LogP contribution in [-0.4, -0.2) is 37.0 Å². The van der Waals surface area contributed by atoms with Crippen molar-refractivity contribution in [3.05, 3.63) is 82.3 Å². The number of carbonyl (C=O) groups excluding carboxylic acids is 2. The van der Waals surface area contributed by atoms with Gasteiger partial charge >= 0.3 is 0 Å². The number of methoxy groups -OCH3 is 2. The summed E-state index contributed by atoms with van der Waals surface area (Å²) in [6.45, 7) is 3.76. The van der Waals surface area contributed by atoms with Crippen LogP contribution in [0.25, 0.3) is 6.08 Å². The van der Waals surface area contributed by atoms with Gasteiger partial charge in [0, 0.05) is 5.69 Å². The Morgan fingerprint density at radius 1 is 1.00 bits per heavy atom. The number of anilines is 2. The number of thioether (sulfide) groups is 1. The van der Waals surface area contributed by atoms with Crippen LogP contribution in [0, 0.1) is 13.8 Å². The van der Waals surface area contributed by atoms with Crippen molar-refractivity contribution in [2.75, 3.05) is 31.0 Å². The molecule has 190 valence electrons. The third-order valence-electron chi connectivity index (χ3n) is 5.62. The van der Waals surface area contributed by atoms with E-state index in [0.29, 0.717) is 32.2 Å². The fourth-order valence-corrected chi connectivity index (χ4v) is 5.05. The third kappa shape index (κ3) is 6.12. The minimum Gasteiger partial charge on any atom is -0.497 e. The molecule has 0 saturated carbocycles. The van der Waals surface area contributed by atoms with Gasteiger partial charge in [-0.15, -0.1) is 0 Å². The number of hydrogen-bond donors (Lipinski definition) is 1.